The Kier molecular flexibility index (Phi) is 3.50. The summed E-state index contributed by atoms with van der Waals surface area (Å²) in [4.78, 5) is 4.46. The summed E-state index contributed by atoms with van der Waals surface area (Å²) in [6.07, 6.45) is 1.22. The molecule has 0 spiro atoms. The Morgan fingerprint density at radius 1 is 1.58 bits per heavy atom. The second kappa shape index (κ2) is 4.21. The fraction of sp³-hybridized carbons (Fsp3) is 1.00. The summed E-state index contributed by atoms with van der Waals surface area (Å²) in [7, 11) is 6.22. The largest absolute Gasteiger partial charge is 0.395 e. The Hall–Kier alpha value is -0.120. The van der Waals surface area contributed by atoms with Crippen molar-refractivity contribution in [1.82, 2.24) is 9.80 Å². The van der Waals surface area contributed by atoms with Crippen molar-refractivity contribution in [2.75, 3.05) is 40.8 Å². The molecule has 0 bridgehead atoms. The fourth-order valence-electron chi connectivity index (χ4n) is 2.02. The number of nitrogens with zero attached hydrogens (tertiary/aromatic N) is 2. The molecule has 2 unspecified atom stereocenters. The van der Waals surface area contributed by atoms with Crippen molar-refractivity contribution in [2.24, 2.45) is 5.92 Å². The number of hydrogen-bond donors (Lipinski definition) is 1. The van der Waals surface area contributed by atoms with E-state index in [2.05, 4.69) is 16.8 Å². The molecule has 0 aromatic carbocycles. The van der Waals surface area contributed by atoms with E-state index in [1.54, 1.807) is 0 Å². The second-order valence-electron chi connectivity index (χ2n) is 4.02. The smallest absolute Gasteiger partial charge is 0.0589 e. The monoisotopic (exact) mass is 172 g/mol. The average molecular weight is 172 g/mol. The third-order valence-electron chi connectivity index (χ3n) is 2.82. The first kappa shape index (κ1) is 9.96. The summed E-state index contributed by atoms with van der Waals surface area (Å²) in [5, 5.41) is 9.18. The Morgan fingerprint density at radius 2 is 2.25 bits per heavy atom. The molecule has 72 valence electrons. The van der Waals surface area contributed by atoms with Gasteiger partial charge in [-0.2, -0.15) is 0 Å². The number of hydrogen-bond acceptors (Lipinski definition) is 3. The number of aliphatic hydroxyl groups is 1. The van der Waals surface area contributed by atoms with Crippen LogP contribution in [0.4, 0.5) is 0 Å². The van der Waals surface area contributed by atoms with E-state index in [-0.39, 0.29) is 6.61 Å². The fourth-order valence-corrected chi connectivity index (χ4v) is 2.02. The van der Waals surface area contributed by atoms with Crippen LogP contribution in [0.5, 0.6) is 0 Å². The minimum atomic E-state index is 0.283. The van der Waals surface area contributed by atoms with Crippen LogP contribution in [-0.2, 0) is 0 Å². The van der Waals surface area contributed by atoms with Gasteiger partial charge in [0, 0.05) is 12.6 Å². The molecule has 1 N–H and O–H groups in total. The Labute approximate surface area is 75.0 Å². The highest BCUT2D eigenvalue weighted by atomic mass is 16.3. The zero-order valence-electron chi connectivity index (χ0n) is 8.32. The van der Waals surface area contributed by atoms with E-state index < -0.39 is 0 Å². The van der Waals surface area contributed by atoms with E-state index in [0.717, 1.165) is 6.54 Å². The van der Waals surface area contributed by atoms with Gasteiger partial charge in [0.15, 0.2) is 0 Å². The highest BCUT2D eigenvalue weighted by molar-refractivity contribution is 4.83. The minimum Gasteiger partial charge on any atom is -0.395 e. The topological polar surface area (TPSA) is 26.7 Å². The zero-order chi connectivity index (χ0) is 9.14. The second-order valence-corrected chi connectivity index (χ2v) is 4.02. The molecule has 0 saturated carbocycles. The number of likely N-dealkylation sites (tertiary alicyclic amines) is 1. The van der Waals surface area contributed by atoms with Crippen LogP contribution in [0.1, 0.15) is 6.42 Å². The minimum absolute atomic E-state index is 0.283. The van der Waals surface area contributed by atoms with Crippen molar-refractivity contribution in [3.8, 4) is 0 Å². The van der Waals surface area contributed by atoms with Crippen molar-refractivity contribution >= 4 is 0 Å². The summed E-state index contributed by atoms with van der Waals surface area (Å²) in [6, 6.07) is 0.343. The molecule has 0 aliphatic carbocycles. The highest BCUT2D eigenvalue weighted by Gasteiger charge is 2.28. The molecule has 1 rings (SSSR count). The van der Waals surface area contributed by atoms with E-state index >= 15 is 0 Å². The maximum Gasteiger partial charge on any atom is 0.0589 e. The molecule has 3 heteroatoms. The van der Waals surface area contributed by atoms with Gasteiger partial charge in [-0.15, -0.1) is 0 Å². The molecule has 0 amide bonds. The van der Waals surface area contributed by atoms with E-state index in [1.807, 2.05) is 14.1 Å². The molecule has 1 saturated heterocycles. The molecular weight excluding hydrogens is 152 g/mol. The summed E-state index contributed by atoms with van der Waals surface area (Å²) in [5.41, 5.74) is 0. The molecule has 3 nitrogen and oxygen atoms in total. The predicted octanol–water partition coefficient (Wildman–Crippen LogP) is -0.139. The lowest BCUT2D eigenvalue weighted by molar-refractivity contribution is 0.123. The SMILES string of the molecule is CN1CCC(C(CO)N(C)C)C1. The third-order valence-corrected chi connectivity index (χ3v) is 2.82. The van der Waals surface area contributed by atoms with Gasteiger partial charge in [0.25, 0.3) is 0 Å². The molecule has 1 heterocycles. The lowest BCUT2D eigenvalue weighted by Gasteiger charge is -2.27. The van der Waals surface area contributed by atoms with Gasteiger partial charge in [-0.25, -0.2) is 0 Å². The molecule has 1 fully saturated rings. The van der Waals surface area contributed by atoms with Crippen molar-refractivity contribution in [1.29, 1.82) is 0 Å². The normalized spacial score (nSPS) is 28.2. The van der Waals surface area contributed by atoms with Gasteiger partial charge in [-0.1, -0.05) is 0 Å². The third kappa shape index (κ3) is 2.19. The lowest BCUT2D eigenvalue weighted by Crippen LogP contribution is -2.39. The lowest BCUT2D eigenvalue weighted by atomic mass is 9.99. The van der Waals surface area contributed by atoms with Gasteiger partial charge >= 0.3 is 0 Å². The van der Waals surface area contributed by atoms with Crippen molar-refractivity contribution < 1.29 is 5.11 Å². The first-order valence-electron chi connectivity index (χ1n) is 4.61. The standard InChI is InChI=1S/C9H20N2O/c1-10(2)9(7-12)8-4-5-11(3)6-8/h8-9,12H,4-7H2,1-3H3. The van der Waals surface area contributed by atoms with E-state index in [9.17, 15) is 5.11 Å². The van der Waals surface area contributed by atoms with Gasteiger partial charge in [0.05, 0.1) is 6.61 Å². The van der Waals surface area contributed by atoms with Crippen LogP contribution in [0, 0.1) is 5.92 Å². The first-order chi connectivity index (χ1) is 5.65. The summed E-state index contributed by atoms with van der Waals surface area (Å²) in [5.74, 6) is 0.648. The van der Waals surface area contributed by atoms with Gasteiger partial charge in [-0.05, 0) is 40.0 Å². The van der Waals surface area contributed by atoms with Crippen LogP contribution in [0.25, 0.3) is 0 Å². The molecule has 0 aromatic heterocycles. The summed E-state index contributed by atoms with van der Waals surface area (Å²) >= 11 is 0. The molecule has 2 atom stereocenters. The summed E-state index contributed by atoms with van der Waals surface area (Å²) < 4.78 is 0. The Balaban J connectivity index is 2.44. The molecule has 1 aliphatic heterocycles. The van der Waals surface area contributed by atoms with Crippen molar-refractivity contribution in [3.05, 3.63) is 0 Å². The molecular formula is C9H20N2O. The average Bonchev–Trinajstić information content (AvgIpc) is 2.37. The van der Waals surface area contributed by atoms with Crippen LogP contribution in [0.15, 0.2) is 0 Å². The Morgan fingerprint density at radius 3 is 2.58 bits per heavy atom. The van der Waals surface area contributed by atoms with E-state index in [0.29, 0.717) is 12.0 Å². The Bertz CT molecular complexity index is 138. The highest BCUT2D eigenvalue weighted by Crippen LogP contribution is 2.20. The van der Waals surface area contributed by atoms with Crippen LogP contribution in [0.3, 0.4) is 0 Å². The molecule has 12 heavy (non-hydrogen) atoms. The van der Waals surface area contributed by atoms with Gasteiger partial charge in [-0.3, -0.25) is 0 Å². The molecule has 1 aliphatic rings. The van der Waals surface area contributed by atoms with Crippen LogP contribution in [0.2, 0.25) is 0 Å². The van der Waals surface area contributed by atoms with Crippen LogP contribution in [-0.4, -0.2) is 61.8 Å². The van der Waals surface area contributed by atoms with E-state index in [1.165, 1.54) is 13.0 Å². The van der Waals surface area contributed by atoms with Gasteiger partial charge in [0.2, 0.25) is 0 Å². The quantitative estimate of drug-likeness (QED) is 0.642. The van der Waals surface area contributed by atoms with Crippen molar-refractivity contribution in [2.45, 2.75) is 12.5 Å². The van der Waals surface area contributed by atoms with Gasteiger partial charge < -0.3 is 14.9 Å². The maximum absolute atomic E-state index is 9.18. The maximum atomic E-state index is 9.18. The molecule has 0 radical (unpaired) electrons. The number of aliphatic hydroxyl groups excluding tert-OH is 1. The molecule has 0 aromatic rings. The van der Waals surface area contributed by atoms with E-state index in [4.69, 9.17) is 0 Å². The first-order valence-corrected chi connectivity index (χ1v) is 4.61. The number of rotatable bonds is 3. The van der Waals surface area contributed by atoms with Crippen LogP contribution < -0.4 is 0 Å². The van der Waals surface area contributed by atoms with Crippen LogP contribution >= 0.6 is 0 Å². The predicted molar refractivity (Wildman–Crippen MR) is 50.2 cm³/mol. The van der Waals surface area contributed by atoms with Crippen molar-refractivity contribution in [3.63, 3.8) is 0 Å². The van der Waals surface area contributed by atoms with Gasteiger partial charge in [0.1, 0.15) is 0 Å². The number of likely N-dealkylation sites (N-methyl/N-ethyl adjacent to an activating group) is 1. The zero-order valence-corrected chi connectivity index (χ0v) is 8.32. The summed E-state index contributed by atoms with van der Waals surface area (Å²) in [6.45, 7) is 2.59.